The zero-order valence-corrected chi connectivity index (χ0v) is 12.2. The standard InChI is InChI=1S/C18H17NO3/c1-19-15(16(20)13-10-6-3-7-11-13)14(17(21)18(19)22)12-8-4-2-5-9-12/h2-11,14-15,17,21H,1H3. The largest absolute Gasteiger partial charge is 0.383 e. The van der Waals surface area contributed by atoms with E-state index in [1.54, 1.807) is 31.3 Å². The lowest BCUT2D eigenvalue weighted by Gasteiger charge is -2.24. The van der Waals surface area contributed by atoms with Crippen LogP contribution in [0.5, 0.6) is 0 Å². The van der Waals surface area contributed by atoms with E-state index in [2.05, 4.69) is 0 Å². The minimum atomic E-state index is -1.19. The normalized spacial score (nSPS) is 24.5. The highest BCUT2D eigenvalue weighted by molar-refractivity contribution is 6.05. The third kappa shape index (κ3) is 2.31. The number of nitrogens with zero attached hydrogens (tertiary/aromatic N) is 1. The van der Waals surface area contributed by atoms with Crippen LogP contribution in [0.1, 0.15) is 21.8 Å². The monoisotopic (exact) mass is 295 g/mol. The molecule has 1 fully saturated rings. The maximum atomic E-state index is 12.8. The number of carbonyl (C=O) groups is 2. The van der Waals surface area contributed by atoms with E-state index in [4.69, 9.17) is 0 Å². The summed E-state index contributed by atoms with van der Waals surface area (Å²) >= 11 is 0. The number of hydrogen-bond donors (Lipinski definition) is 1. The van der Waals surface area contributed by atoms with Gasteiger partial charge in [-0.15, -0.1) is 0 Å². The second-order valence-electron chi connectivity index (χ2n) is 5.51. The van der Waals surface area contributed by atoms with E-state index in [0.29, 0.717) is 5.56 Å². The number of carbonyl (C=O) groups excluding carboxylic acids is 2. The number of rotatable bonds is 3. The van der Waals surface area contributed by atoms with Crippen molar-refractivity contribution >= 4 is 11.7 Å². The Morgan fingerprint density at radius 3 is 2.14 bits per heavy atom. The number of aliphatic hydroxyl groups excluding tert-OH is 1. The van der Waals surface area contributed by atoms with E-state index < -0.39 is 24.0 Å². The molecule has 4 heteroatoms. The van der Waals surface area contributed by atoms with Crippen LogP contribution in [0.3, 0.4) is 0 Å². The summed E-state index contributed by atoms with van der Waals surface area (Å²) in [6, 6.07) is 17.4. The Bertz CT molecular complexity index is 684. The van der Waals surface area contributed by atoms with Gasteiger partial charge < -0.3 is 10.0 Å². The summed E-state index contributed by atoms with van der Waals surface area (Å²) in [5.74, 6) is -1.11. The van der Waals surface area contributed by atoms with Crippen LogP contribution in [0.4, 0.5) is 0 Å². The Morgan fingerprint density at radius 2 is 1.55 bits per heavy atom. The highest BCUT2D eigenvalue weighted by Crippen LogP contribution is 2.35. The zero-order chi connectivity index (χ0) is 15.7. The van der Waals surface area contributed by atoms with Crippen molar-refractivity contribution in [3.8, 4) is 0 Å². The molecule has 2 aromatic carbocycles. The predicted molar refractivity (Wildman–Crippen MR) is 82.5 cm³/mol. The number of Topliss-reactive ketones (excluding diaryl/α,β-unsaturated/α-hetero) is 1. The van der Waals surface area contributed by atoms with Gasteiger partial charge in [0.15, 0.2) is 5.78 Å². The Morgan fingerprint density at radius 1 is 1.00 bits per heavy atom. The van der Waals surface area contributed by atoms with E-state index in [-0.39, 0.29) is 5.78 Å². The Kier molecular flexibility index (Phi) is 3.77. The van der Waals surface area contributed by atoms with Gasteiger partial charge in [-0.1, -0.05) is 60.7 Å². The maximum absolute atomic E-state index is 12.8. The first-order valence-corrected chi connectivity index (χ1v) is 7.20. The van der Waals surface area contributed by atoms with Gasteiger partial charge >= 0.3 is 0 Å². The Labute approximate surface area is 129 Å². The van der Waals surface area contributed by atoms with Crippen molar-refractivity contribution in [3.63, 3.8) is 0 Å². The van der Waals surface area contributed by atoms with Crippen LogP contribution < -0.4 is 0 Å². The van der Waals surface area contributed by atoms with Gasteiger partial charge in [0.25, 0.3) is 5.91 Å². The number of hydrogen-bond acceptors (Lipinski definition) is 3. The van der Waals surface area contributed by atoms with Crippen LogP contribution in [0.15, 0.2) is 60.7 Å². The van der Waals surface area contributed by atoms with Crippen molar-refractivity contribution in [2.45, 2.75) is 18.1 Å². The van der Waals surface area contributed by atoms with E-state index in [0.717, 1.165) is 5.56 Å². The summed E-state index contributed by atoms with van der Waals surface area (Å²) in [5, 5.41) is 10.3. The fourth-order valence-electron chi connectivity index (χ4n) is 3.06. The molecule has 0 aliphatic carbocycles. The zero-order valence-electron chi connectivity index (χ0n) is 12.2. The van der Waals surface area contributed by atoms with Gasteiger partial charge in [0.05, 0.1) is 0 Å². The second kappa shape index (κ2) is 5.73. The van der Waals surface area contributed by atoms with Gasteiger partial charge in [0.2, 0.25) is 0 Å². The molecular weight excluding hydrogens is 278 g/mol. The lowest BCUT2D eigenvalue weighted by molar-refractivity contribution is -0.134. The Balaban J connectivity index is 2.03. The third-order valence-corrected chi connectivity index (χ3v) is 4.21. The minimum absolute atomic E-state index is 0.151. The molecule has 0 aromatic heterocycles. The summed E-state index contributed by atoms with van der Waals surface area (Å²) in [5.41, 5.74) is 1.34. The smallest absolute Gasteiger partial charge is 0.252 e. The summed E-state index contributed by atoms with van der Waals surface area (Å²) in [7, 11) is 1.57. The molecule has 1 aliphatic rings. The molecule has 1 N–H and O–H groups in total. The van der Waals surface area contributed by atoms with Gasteiger partial charge in [-0.05, 0) is 5.56 Å². The van der Waals surface area contributed by atoms with E-state index >= 15 is 0 Å². The average molecular weight is 295 g/mol. The van der Waals surface area contributed by atoms with Crippen LogP contribution in [0.25, 0.3) is 0 Å². The molecule has 4 nitrogen and oxygen atoms in total. The highest BCUT2D eigenvalue weighted by atomic mass is 16.3. The molecule has 112 valence electrons. The molecule has 0 bridgehead atoms. The number of ketones is 1. The fraction of sp³-hybridized carbons (Fsp3) is 0.222. The highest BCUT2D eigenvalue weighted by Gasteiger charge is 2.49. The average Bonchev–Trinajstić information content (AvgIpc) is 2.80. The molecular formula is C18H17NO3. The summed E-state index contributed by atoms with van der Waals surface area (Å²) < 4.78 is 0. The molecule has 3 atom stereocenters. The van der Waals surface area contributed by atoms with Crippen molar-refractivity contribution in [2.75, 3.05) is 7.05 Å². The molecule has 22 heavy (non-hydrogen) atoms. The molecule has 1 saturated heterocycles. The quantitative estimate of drug-likeness (QED) is 0.879. The number of benzene rings is 2. The van der Waals surface area contributed by atoms with Crippen LogP contribution in [0, 0.1) is 0 Å². The van der Waals surface area contributed by atoms with Crippen LogP contribution in [0.2, 0.25) is 0 Å². The molecule has 1 aliphatic heterocycles. The lowest BCUT2D eigenvalue weighted by atomic mass is 9.86. The van der Waals surface area contributed by atoms with E-state index in [1.165, 1.54) is 4.90 Å². The lowest BCUT2D eigenvalue weighted by Crippen LogP contribution is -2.38. The Hall–Kier alpha value is -2.46. The number of likely N-dealkylation sites (tertiary alicyclic amines) is 1. The van der Waals surface area contributed by atoms with Gasteiger partial charge in [-0.2, -0.15) is 0 Å². The van der Waals surface area contributed by atoms with E-state index in [1.807, 2.05) is 36.4 Å². The summed E-state index contributed by atoms with van der Waals surface area (Å²) in [4.78, 5) is 26.3. The third-order valence-electron chi connectivity index (χ3n) is 4.21. The van der Waals surface area contributed by atoms with Gasteiger partial charge in [0.1, 0.15) is 12.1 Å². The first-order chi connectivity index (χ1) is 10.6. The molecule has 2 aromatic rings. The van der Waals surface area contributed by atoms with Gasteiger partial charge in [0, 0.05) is 18.5 Å². The second-order valence-corrected chi connectivity index (χ2v) is 5.51. The van der Waals surface area contributed by atoms with E-state index in [9.17, 15) is 14.7 Å². The summed E-state index contributed by atoms with van der Waals surface area (Å²) in [6.45, 7) is 0. The van der Waals surface area contributed by atoms with Gasteiger partial charge in [-0.3, -0.25) is 9.59 Å². The van der Waals surface area contributed by atoms with Crippen molar-refractivity contribution < 1.29 is 14.7 Å². The summed E-state index contributed by atoms with van der Waals surface area (Å²) in [6.07, 6.45) is -1.19. The predicted octanol–water partition coefficient (Wildman–Crippen LogP) is 1.85. The molecule has 0 spiro atoms. The first kappa shape index (κ1) is 14.5. The first-order valence-electron chi connectivity index (χ1n) is 7.20. The molecule has 1 heterocycles. The number of aliphatic hydroxyl groups is 1. The van der Waals surface area contributed by atoms with Crippen LogP contribution in [-0.4, -0.2) is 40.9 Å². The fourth-order valence-corrected chi connectivity index (χ4v) is 3.06. The molecule has 3 unspecified atom stereocenters. The molecule has 3 rings (SSSR count). The number of amides is 1. The molecule has 1 amide bonds. The van der Waals surface area contributed by atoms with Crippen LogP contribution in [-0.2, 0) is 4.79 Å². The maximum Gasteiger partial charge on any atom is 0.252 e. The minimum Gasteiger partial charge on any atom is -0.383 e. The molecule has 0 radical (unpaired) electrons. The van der Waals surface area contributed by atoms with Crippen molar-refractivity contribution in [1.82, 2.24) is 4.90 Å². The van der Waals surface area contributed by atoms with Gasteiger partial charge in [-0.25, -0.2) is 0 Å². The topological polar surface area (TPSA) is 57.6 Å². The van der Waals surface area contributed by atoms with Crippen molar-refractivity contribution in [3.05, 3.63) is 71.8 Å². The SMILES string of the molecule is CN1C(=O)C(O)C(c2ccccc2)C1C(=O)c1ccccc1. The van der Waals surface area contributed by atoms with Crippen molar-refractivity contribution in [2.24, 2.45) is 0 Å². The number of likely N-dealkylation sites (N-methyl/N-ethyl adjacent to an activating group) is 1. The molecule has 0 saturated carbocycles. The van der Waals surface area contributed by atoms with Crippen molar-refractivity contribution in [1.29, 1.82) is 0 Å². The van der Waals surface area contributed by atoms with Crippen LogP contribution >= 0.6 is 0 Å².